The van der Waals surface area contributed by atoms with Gasteiger partial charge in [0, 0.05) is 6.04 Å². The molecule has 0 N–H and O–H groups in total. The zero-order valence-corrected chi connectivity index (χ0v) is 11.8. The van der Waals surface area contributed by atoms with Gasteiger partial charge in [0.1, 0.15) is 0 Å². The number of allylic oxidation sites excluding steroid dienone is 3. The van der Waals surface area contributed by atoms with E-state index >= 15 is 0 Å². The van der Waals surface area contributed by atoms with Crippen LogP contribution in [-0.4, -0.2) is 30.7 Å². The summed E-state index contributed by atoms with van der Waals surface area (Å²) in [6, 6.07) is 0.610. The van der Waals surface area contributed by atoms with Crippen molar-refractivity contribution in [2.45, 2.75) is 50.7 Å². The Kier molecular flexibility index (Phi) is 4.21. The molecule has 2 aliphatic rings. The Morgan fingerprint density at radius 3 is 2.62 bits per heavy atom. The van der Waals surface area contributed by atoms with Crippen LogP contribution in [-0.2, 0) is 0 Å². The van der Waals surface area contributed by atoms with E-state index < -0.39 is 0 Å². The highest BCUT2D eigenvalue weighted by atomic mass is 31.1. The van der Waals surface area contributed by atoms with Gasteiger partial charge in [-0.25, -0.2) is 0 Å². The molecule has 0 amide bonds. The molecule has 0 heterocycles. The van der Waals surface area contributed by atoms with Crippen LogP contribution in [0, 0.1) is 0 Å². The number of rotatable bonds is 4. The summed E-state index contributed by atoms with van der Waals surface area (Å²) >= 11 is 0. The predicted molar refractivity (Wildman–Crippen MR) is 74.5 cm³/mol. The molecule has 0 spiro atoms. The molecule has 1 fully saturated rings. The third kappa shape index (κ3) is 2.76. The first-order valence-corrected chi connectivity index (χ1v) is 7.58. The van der Waals surface area contributed by atoms with Crippen molar-refractivity contribution in [1.29, 1.82) is 0 Å². The van der Waals surface area contributed by atoms with Gasteiger partial charge in [0.2, 0.25) is 0 Å². The van der Waals surface area contributed by atoms with Crippen molar-refractivity contribution in [3.05, 3.63) is 23.0 Å². The van der Waals surface area contributed by atoms with Crippen LogP contribution in [0.25, 0.3) is 0 Å². The average Bonchev–Trinajstić information content (AvgIpc) is 2.88. The summed E-state index contributed by atoms with van der Waals surface area (Å²) in [5, 5.41) is 1.67. The van der Waals surface area contributed by atoms with Crippen LogP contribution in [0.2, 0.25) is 0 Å². The van der Waals surface area contributed by atoms with Gasteiger partial charge in [0.25, 0.3) is 0 Å². The molecule has 1 saturated carbocycles. The van der Waals surface area contributed by atoms with Crippen molar-refractivity contribution in [2.24, 2.45) is 0 Å². The first kappa shape index (κ1) is 12.3. The van der Waals surface area contributed by atoms with Crippen LogP contribution < -0.4 is 0 Å². The molecule has 16 heavy (non-hydrogen) atoms. The summed E-state index contributed by atoms with van der Waals surface area (Å²) in [4.78, 5) is 2.33. The normalized spacial score (nSPS) is 24.5. The van der Waals surface area contributed by atoms with E-state index in [1.807, 2.05) is 0 Å². The van der Waals surface area contributed by atoms with Crippen molar-refractivity contribution in [3.8, 4) is 0 Å². The van der Waals surface area contributed by atoms with Gasteiger partial charge >= 0.3 is 0 Å². The molecular weight excluding hydrogens is 213 g/mol. The maximum atomic E-state index is 2.39. The Bertz CT molecular complexity index is 298. The molecule has 0 aromatic rings. The maximum Gasteiger partial charge on any atom is 0.0285 e. The molecule has 2 heteroatoms. The smallest absolute Gasteiger partial charge is 0.0285 e. The standard InChI is InChI=1S/C14H24NP/c1-11(15(2)3)13-9-6-10-14(13)16-12-7-4-5-8-12/h6,10-12,16H,4-5,7-9H2,1-3H3/t11-/m1/s1. The second-order valence-corrected chi connectivity index (χ2v) is 6.95. The fourth-order valence-electron chi connectivity index (χ4n) is 2.66. The average molecular weight is 237 g/mol. The summed E-state index contributed by atoms with van der Waals surface area (Å²) in [5.41, 5.74) is 2.68. The van der Waals surface area contributed by atoms with E-state index in [4.69, 9.17) is 0 Å². The SMILES string of the molecule is C[C@H](C1=C(PC2CCCC2)C=CC1)N(C)C. The summed E-state index contributed by atoms with van der Waals surface area (Å²) in [6.45, 7) is 2.33. The summed E-state index contributed by atoms with van der Waals surface area (Å²) in [5.74, 6) is 0. The van der Waals surface area contributed by atoms with Gasteiger partial charge in [0.15, 0.2) is 0 Å². The fourth-order valence-corrected chi connectivity index (χ4v) is 4.51. The molecule has 1 unspecified atom stereocenters. The maximum absolute atomic E-state index is 2.39. The van der Waals surface area contributed by atoms with Crippen molar-refractivity contribution in [1.82, 2.24) is 4.90 Å². The first-order chi connectivity index (χ1) is 7.68. The Balaban J connectivity index is 2.03. The molecule has 0 bridgehead atoms. The molecule has 90 valence electrons. The van der Waals surface area contributed by atoms with Gasteiger partial charge < -0.3 is 4.90 Å². The minimum atomic E-state index is 0.610. The molecule has 0 saturated heterocycles. The van der Waals surface area contributed by atoms with Crippen LogP contribution in [0.4, 0.5) is 0 Å². The van der Waals surface area contributed by atoms with Crippen LogP contribution in [0.3, 0.4) is 0 Å². The van der Waals surface area contributed by atoms with Gasteiger partial charge in [0.05, 0.1) is 0 Å². The van der Waals surface area contributed by atoms with Crippen molar-refractivity contribution in [3.63, 3.8) is 0 Å². The second kappa shape index (κ2) is 5.47. The van der Waals surface area contributed by atoms with Crippen LogP contribution in [0.5, 0.6) is 0 Å². The summed E-state index contributed by atoms with van der Waals surface area (Å²) in [7, 11) is 5.45. The number of nitrogens with zero attached hydrogens (tertiary/aromatic N) is 1. The van der Waals surface area contributed by atoms with Crippen molar-refractivity contribution < 1.29 is 0 Å². The topological polar surface area (TPSA) is 3.24 Å². The first-order valence-electron chi connectivity index (χ1n) is 6.51. The van der Waals surface area contributed by atoms with E-state index in [2.05, 4.69) is 38.1 Å². The van der Waals surface area contributed by atoms with E-state index in [0.717, 1.165) is 14.2 Å². The molecular formula is C14H24NP. The highest BCUT2D eigenvalue weighted by Gasteiger charge is 2.21. The van der Waals surface area contributed by atoms with E-state index in [-0.39, 0.29) is 0 Å². The number of hydrogen-bond donors (Lipinski definition) is 0. The Morgan fingerprint density at radius 1 is 1.31 bits per heavy atom. The van der Waals surface area contributed by atoms with E-state index in [1.165, 1.54) is 32.1 Å². The monoisotopic (exact) mass is 237 g/mol. The zero-order chi connectivity index (χ0) is 11.5. The van der Waals surface area contributed by atoms with Gasteiger partial charge in [-0.15, -0.1) is 0 Å². The highest BCUT2D eigenvalue weighted by molar-refractivity contribution is 7.44. The lowest BCUT2D eigenvalue weighted by Gasteiger charge is -2.23. The molecule has 2 atom stereocenters. The lowest BCUT2D eigenvalue weighted by molar-refractivity contribution is 0.348. The van der Waals surface area contributed by atoms with Gasteiger partial charge in [-0.1, -0.05) is 33.6 Å². The van der Waals surface area contributed by atoms with Gasteiger partial charge in [-0.05, 0) is 56.8 Å². The predicted octanol–water partition coefficient (Wildman–Crippen LogP) is 3.77. The Morgan fingerprint density at radius 2 is 2.00 bits per heavy atom. The Labute approximate surface area is 102 Å². The molecule has 2 rings (SSSR count). The number of hydrogen-bond acceptors (Lipinski definition) is 1. The highest BCUT2D eigenvalue weighted by Crippen LogP contribution is 2.44. The molecule has 1 nitrogen and oxygen atoms in total. The van der Waals surface area contributed by atoms with Crippen LogP contribution >= 0.6 is 8.58 Å². The van der Waals surface area contributed by atoms with E-state index in [0.29, 0.717) is 6.04 Å². The minimum Gasteiger partial charge on any atom is -0.303 e. The Hall–Kier alpha value is -0.130. The van der Waals surface area contributed by atoms with Crippen molar-refractivity contribution in [2.75, 3.05) is 14.1 Å². The third-order valence-corrected chi connectivity index (χ3v) is 5.75. The van der Waals surface area contributed by atoms with Crippen LogP contribution in [0.15, 0.2) is 23.0 Å². The largest absolute Gasteiger partial charge is 0.303 e. The summed E-state index contributed by atoms with van der Waals surface area (Å²) in [6.07, 6.45) is 11.8. The fraction of sp³-hybridized carbons (Fsp3) is 0.714. The minimum absolute atomic E-state index is 0.610. The van der Waals surface area contributed by atoms with Gasteiger partial charge in [-0.2, -0.15) is 0 Å². The number of likely N-dealkylation sites (N-methyl/N-ethyl adjacent to an activating group) is 1. The molecule has 2 aliphatic carbocycles. The van der Waals surface area contributed by atoms with Gasteiger partial charge in [-0.3, -0.25) is 0 Å². The second-order valence-electron chi connectivity index (χ2n) is 5.31. The molecule has 0 aromatic carbocycles. The zero-order valence-electron chi connectivity index (χ0n) is 10.8. The van der Waals surface area contributed by atoms with E-state index in [9.17, 15) is 0 Å². The summed E-state index contributed by atoms with van der Waals surface area (Å²) < 4.78 is 0. The lowest BCUT2D eigenvalue weighted by Crippen LogP contribution is -2.26. The lowest BCUT2D eigenvalue weighted by atomic mass is 10.1. The van der Waals surface area contributed by atoms with E-state index in [1.54, 1.807) is 10.9 Å². The molecule has 0 aliphatic heterocycles. The van der Waals surface area contributed by atoms with Crippen LogP contribution in [0.1, 0.15) is 39.0 Å². The quantitative estimate of drug-likeness (QED) is 0.673. The molecule has 0 aromatic heterocycles. The van der Waals surface area contributed by atoms with Crippen molar-refractivity contribution >= 4 is 8.58 Å². The molecule has 0 radical (unpaired) electrons. The third-order valence-electron chi connectivity index (χ3n) is 3.96.